The van der Waals surface area contributed by atoms with Crippen LogP contribution in [0.1, 0.15) is 96.0 Å². The average Bonchev–Trinajstić information content (AvgIpc) is 3.05. The highest BCUT2D eigenvalue weighted by Gasteiger charge is 2.31. The number of hydrogen-bond acceptors (Lipinski definition) is 9. The first-order valence-electron chi connectivity index (χ1n) is 17.4. The smallest absolute Gasteiger partial charge is 0.437 e. The van der Waals surface area contributed by atoms with Gasteiger partial charge in [0.2, 0.25) is 11.9 Å². The number of guanidine groups is 1. The molecule has 0 aliphatic heterocycles. The third-order valence-electron chi connectivity index (χ3n) is 7.49. The largest absolute Gasteiger partial charge is 0.466 e. The summed E-state index contributed by atoms with van der Waals surface area (Å²) >= 11 is 0. The van der Waals surface area contributed by atoms with E-state index >= 15 is 0 Å². The molecule has 292 valence electrons. The van der Waals surface area contributed by atoms with Crippen molar-refractivity contribution in [2.75, 3.05) is 11.0 Å². The second-order valence-electron chi connectivity index (χ2n) is 14.5. The number of aliphatic imine (C=N–C) groups is 1. The van der Waals surface area contributed by atoms with Crippen molar-refractivity contribution in [3.05, 3.63) is 95.1 Å². The quantitative estimate of drug-likeness (QED) is 0.0622. The molecule has 0 aliphatic rings. The highest BCUT2D eigenvalue weighted by atomic mass is 32.2. The predicted octanol–water partition coefficient (Wildman–Crippen LogP) is 6.73. The SMILES string of the molecule is CCOC(=O)CC(NC(=O)C(C)c1ccc(C)cc1C)c1cccc(N(NC(=NC(=O)OC(C)(C)C)NC(=O)OC(C)(C)C)S(=O)(=O)c2ccccc2)c1. The molecule has 0 bridgehead atoms. The topological polar surface area (TPSA) is 182 Å². The van der Waals surface area contributed by atoms with Gasteiger partial charge in [0.25, 0.3) is 10.0 Å². The van der Waals surface area contributed by atoms with Crippen molar-refractivity contribution in [3.63, 3.8) is 0 Å². The van der Waals surface area contributed by atoms with Gasteiger partial charge in [0.1, 0.15) is 11.2 Å². The van der Waals surface area contributed by atoms with Crippen LogP contribution in [0, 0.1) is 13.8 Å². The number of ether oxygens (including phenoxy) is 3. The monoisotopic (exact) mass is 765 g/mol. The van der Waals surface area contributed by atoms with Crippen LogP contribution in [0.25, 0.3) is 0 Å². The molecule has 3 aromatic carbocycles. The maximum absolute atomic E-state index is 14.3. The summed E-state index contributed by atoms with van der Waals surface area (Å²) in [7, 11) is -4.53. The average molecular weight is 766 g/mol. The number of alkyl carbamates (subject to hydrolysis) is 1. The molecule has 0 saturated heterocycles. The van der Waals surface area contributed by atoms with Crippen molar-refractivity contribution in [1.29, 1.82) is 0 Å². The van der Waals surface area contributed by atoms with E-state index in [-0.39, 0.29) is 29.5 Å². The second kappa shape index (κ2) is 18.1. The third kappa shape index (κ3) is 12.9. The number of benzene rings is 3. The van der Waals surface area contributed by atoms with Crippen molar-refractivity contribution < 1.29 is 41.8 Å². The van der Waals surface area contributed by atoms with Crippen LogP contribution >= 0.6 is 0 Å². The summed E-state index contributed by atoms with van der Waals surface area (Å²) in [5.41, 5.74) is 3.72. The van der Waals surface area contributed by atoms with Crippen LogP contribution in [-0.2, 0) is 33.8 Å². The van der Waals surface area contributed by atoms with E-state index in [1.807, 2.05) is 32.0 Å². The van der Waals surface area contributed by atoms with Gasteiger partial charge in [-0.15, -0.1) is 4.99 Å². The van der Waals surface area contributed by atoms with E-state index in [9.17, 15) is 27.6 Å². The Hall–Kier alpha value is -5.44. The van der Waals surface area contributed by atoms with Crippen LogP contribution in [0.2, 0.25) is 0 Å². The lowest BCUT2D eigenvalue weighted by molar-refractivity contribution is -0.143. The Morgan fingerprint density at radius 2 is 1.50 bits per heavy atom. The summed E-state index contributed by atoms with van der Waals surface area (Å²) in [5.74, 6) is -2.20. The molecular formula is C39H51N5O9S. The van der Waals surface area contributed by atoms with Gasteiger partial charge in [0.15, 0.2) is 0 Å². The van der Waals surface area contributed by atoms with Crippen LogP contribution in [0.4, 0.5) is 15.3 Å². The fraction of sp³-hybridized carbons (Fsp3) is 0.410. The second-order valence-corrected chi connectivity index (χ2v) is 16.3. The van der Waals surface area contributed by atoms with Gasteiger partial charge in [0.05, 0.1) is 35.6 Å². The van der Waals surface area contributed by atoms with Crippen LogP contribution < -0.4 is 20.5 Å². The van der Waals surface area contributed by atoms with Crippen LogP contribution in [0.3, 0.4) is 0 Å². The normalized spacial score (nSPS) is 13.2. The minimum absolute atomic E-state index is 0.0373. The minimum atomic E-state index is -4.53. The number of hydrogen-bond donors (Lipinski definition) is 3. The Morgan fingerprint density at radius 1 is 0.852 bits per heavy atom. The van der Waals surface area contributed by atoms with E-state index in [1.54, 1.807) is 67.5 Å². The lowest BCUT2D eigenvalue weighted by atomic mass is 9.93. The van der Waals surface area contributed by atoms with Crippen LogP contribution in [-0.4, -0.2) is 56.2 Å². The number of nitrogens with zero attached hydrogens (tertiary/aromatic N) is 2. The molecule has 3 rings (SSSR count). The number of rotatable bonds is 11. The van der Waals surface area contributed by atoms with Crippen molar-refractivity contribution in [2.24, 2.45) is 4.99 Å². The number of carbonyl (C=O) groups excluding carboxylic acids is 4. The summed E-state index contributed by atoms with van der Waals surface area (Å²) in [6, 6.07) is 18.3. The zero-order valence-corrected chi connectivity index (χ0v) is 33.3. The highest BCUT2D eigenvalue weighted by Crippen LogP contribution is 2.29. The van der Waals surface area contributed by atoms with Crippen molar-refractivity contribution in [2.45, 2.75) is 104 Å². The van der Waals surface area contributed by atoms with Crippen LogP contribution in [0.5, 0.6) is 0 Å². The zero-order chi connectivity index (χ0) is 40.4. The first kappa shape index (κ1) is 43.0. The van der Waals surface area contributed by atoms with Gasteiger partial charge in [0, 0.05) is 0 Å². The highest BCUT2D eigenvalue weighted by molar-refractivity contribution is 7.92. The molecule has 0 spiro atoms. The van der Waals surface area contributed by atoms with Crippen LogP contribution in [0.15, 0.2) is 82.7 Å². The van der Waals surface area contributed by atoms with E-state index in [2.05, 4.69) is 21.1 Å². The Balaban J connectivity index is 2.16. The molecule has 14 nitrogen and oxygen atoms in total. The van der Waals surface area contributed by atoms with Gasteiger partial charge < -0.3 is 19.5 Å². The molecule has 0 heterocycles. The number of esters is 1. The van der Waals surface area contributed by atoms with E-state index in [0.29, 0.717) is 9.98 Å². The molecule has 3 aromatic rings. The van der Waals surface area contributed by atoms with Gasteiger partial charge in [-0.3, -0.25) is 20.3 Å². The number of carbonyl (C=O) groups is 4. The first-order valence-corrected chi connectivity index (χ1v) is 18.9. The number of aryl methyl sites for hydroxylation is 2. The Kier molecular flexibility index (Phi) is 14.4. The fourth-order valence-corrected chi connectivity index (χ4v) is 6.48. The van der Waals surface area contributed by atoms with E-state index in [0.717, 1.165) is 16.7 Å². The van der Waals surface area contributed by atoms with E-state index in [1.165, 1.54) is 42.5 Å². The fourth-order valence-electron chi connectivity index (χ4n) is 5.17. The molecule has 2 unspecified atom stereocenters. The predicted molar refractivity (Wildman–Crippen MR) is 205 cm³/mol. The number of sulfonamides is 1. The molecular weight excluding hydrogens is 715 g/mol. The molecule has 0 radical (unpaired) electrons. The molecule has 0 aromatic heterocycles. The zero-order valence-electron chi connectivity index (χ0n) is 32.5. The maximum atomic E-state index is 14.3. The molecule has 0 fully saturated rings. The molecule has 0 saturated carbocycles. The molecule has 54 heavy (non-hydrogen) atoms. The maximum Gasteiger partial charge on any atom is 0.437 e. The number of hydrazine groups is 1. The third-order valence-corrected chi connectivity index (χ3v) is 9.14. The van der Waals surface area contributed by atoms with Gasteiger partial charge >= 0.3 is 18.2 Å². The standard InChI is InChI=1S/C39H51N5O9S/c1-11-51-33(45)24-32(40-34(46)27(4)31-21-20-25(2)22-26(31)3)28-16-15-17-29(23-28)44(54(49,50)30-18-13-12-14-19-30)43-35(41-36(47)52-38(5,6)7)42-37(48)53-39(8,9)10/h12-23,27,32H,11,24H2,1-10H3,(H,40,46)(H2,41,42,43,47,48). The Labute approximate surface area is 317 Å². The first-order chi connectivity index (χ1) is 25.1. The van der Waals surface area contributed by atoms with Crippen molar-refractivity contribution >= 4 is 45.7 Å². The molecule has 0 aliphatic carbocycles. The summed E-state index contributed by atoms with van der Waals surface area (Å²) in [6.45, 7) is 17.1. The van der Waals surface area contributed by atoms with Gasteiger partial charge in [-0.2, -0.15) is 12.8 Å². The van der Waals surface area contributed by atoms with Gasteiger partial charge in [-0.25, -0.2) is 9.59 Å². The van der Waals surface area contributed by atoms with Crippen molar-refractivity contribution in [1.82, 2.24) is 16.1 Å². The molecule has 3 amide bonds. The molecule has 2 atom stereocenters. The summed E-state index contributed by atoms with van der Waals surface area (Å²) < 4.78 is 45.2. The lowest BCUT2D eigenvalue weighted by Crippen LogP contribution is -2.53. The van der Waals surface area contributed by atoms with Crippen molar-refractivity contribution in [3.8, 4) is 0 Å². The van der Waals surface area contributed by atoms with Gasteiger partial charge in [-0.05, 0) is 110 Å². The minimum Gasteiger partial charge on any atom is -0.466 e. The molecule has 3 N–H and O–H groups in total. The summed E-state index contributed by atoms with van der Waals surface area (Å²) in [5, 5.41) is 5.26. The van der Waals surface area contributed by atoms with Gasteiger partial charge in [-0.1, -0.05) is 54.1 Å². The lowest BCUT2D eigenvalue weighted by Gasteiger charge is -2.28. The Morgan fingerprint density at radius 3 is 2.09 bits per heavy atom. The van der Waals surface area contributed by atoms with E-state index in [4.69, 9.17) is 14.2 Å². The molecule has 15 heteroatoms. The Bertz CT molecular complexity index is 1950. The van der Waals surface area contributed by atoms with E-state index < -0.39 is 57.3 Å². The number of amides is 3. The summed E-state index contributed by atoms with van der Waals surface area (Å²) in [4.78, 5) is 56.0. The number of anilines is 1. The number of nitrogens with one attached hydrogen (secondary N) is 3. The summed E-state index contributed by atoms with van der Waals surface area (Å²) in [6.07, 6.45) is -2.45.